The first-order valence-electron chi connectivity index (χ1n) is 2.61. The zero-order valence-corrected chi connectivity index (χ0v) is 5.22. The molecule has 0 aromatic carbocycles. The summed E-state index contributed by atoms with van der Waals surface area (Å²) in [7, 11) is 1.69. The van der Waals surface area contributed by atoms with Gasteiger partial charge in [-0.1, -0.05) is 6.58 Å². The van der Waals surface area contributed by atoms with Gasteiger partial charge in [-0.25, -0.2) is 0 Å². The number of hydrogen-bond donors (Lipinski definition) is 0. The van der Waals surface area contributed by atoms with Gasteiger partial charge in [-0.15, -0.1) is 5.73 Å². The second kappa shape index (κ2) is 1.92. The summed E-state index contributed by atoms with van der Waals surface area (Å²) in [4.78, 5) is 12.2. The van der Waals surface area contributed by atoms with Crippen LogP contribution >= 0.6 is 0 Å². The number of nitrogens with zero attached hydrogens (tertiary/aromatic N) is 1. The Morgan fingerprint density at radius 2 is 2.33 bits per heavy atom. The average molecular weight is 121 g/mol. The van der Waals surface area contributed by atoms with E-state index in [-0.39, 0.29) is 5.91 Å². The van der Waals surface area contributed by atoms with Crippen LogP contribution in [-0.2, 0) is 4.79 Å². The Bertz CT molecular complexity index is 221. The molecule has 0 atom stereocenters. The van der Waals surface area contributed by atoms with Crippen LogP contribution in [-0.4, -0.2) is 17.9 Å². The lowest BCUT2D eigenvalue weighted by Crippen LogP contribution is -2.17. The molecule has 1 aliphatic heterocycles. The van der Waals surface area contributed by atoms with Crippen LogP contribution in [0, 0.1) is 0 Å². The Labute approximate surface area is 53.8 Å². The zero-order valence-electron chi connectivity index (χ0n) is 5.22. The third-order valence-corrected chi connectivity index (χ3v) is 1.26. The molecule has 0 fully saturated rings. The fourth-order valence-corrected chi connectivity index (χ4v) is 0.670. The number of carbonyl (C=O) groups excluding carboxylic acids is 1. The molecule has 0 unspecified atom stereocenters. The normalized spacial score (nSPS) is 16.8. The predicted molar refractivity (Wildman–Crippen MR) is 34.6 cm³/mol. The molecule has 0 saturated carbocycles. The molecule has 2 heteroatoms. The Hall–Kier alpha value is -1.27. The number of allylic oxidation sites excluding steroid dienone is 1. The lowest BCUT2D eigenvalue weighted by atomic mass is 10.5. The maximum Gasteiger partial charge on any atom is 0.251 e. The van der Waals surface area contributed by atoms with Gasteiger partial charge in [0.15, 0.2) is 0 Å². The maximum absolute atomic E-state index is 10.7. The summed E-state index contributed by atoms with van der Waals surface area (Å²) in [6, 6.07) is 0. The third kappa shape index (κ3) is 0.799. The molecule has 0 spiro atoms. The largest absolute Gasteiger partial charge is 0.305 e. The summed E-state index contributed by atoms with van der Waals surface area (Å²) in [6.45, 7) is 3.42. The van der Waals surface area contributed by atoms with Gasteiger partial charge in [0.25, 0.3) is 5.91 Å². The summed E-state index contributed by atoms with van der Waals surface area (Å²) >= 11 is 0. The molecule has 0 N–H and O–H groups in total. The first-order valence-corrected chi connectivity index (χ1v) is 2.61. The molecule has 2 nitrogen and oxygen atoms in total. The van der Waals surface area contributed by atoms with Crippen LogP contribution in [0.1, 0.15) is 0 Å². The van der Waals surface area contributed by atoms with Gasteiger partial charge in [0.05, 0.1) is 5.70 Å². The quantitative estimate of drug-likeness (QED) is 0.431. The van der Waals surface area contributed by atoms with Gasteiger partial charge in [-0.2, -0.15) is 0 Å². The second-order valence-corrected chi connectivity index (χ2v) is 1.79. The molecule has 0 aliphatic carbocycles. The Kier molecular flexibility index (Phi) is 1.25. The zero-order chi connectivity index (χ0) is 6.85. The van der Waals surface area contributed by atoms with Crippen molar-refractivity contribution in [2.45, 2.75) is 0 Å². The highest BCUT2D eigenvalue weighted by Gasteiger charge is 2.13. The van der Waals surface area contributed by atoms with E-state index in [4.69, 9.17) is 0 Å². The monoisotopic (exact) mass is 121 g/mol. The number of amides is 1. The van der Waals surface area contributed by atoms with E-state index >= 15 is 0 Å². The minimum absolute atomic E-state index is 0.0128. The summed E-state index contributed by atoms with van der Waals surface area (Å²) < 4.78 is 0. The van der Waals surface area contributed by atoms with Gasteiger partial charge in [-0.05, 0) is 6.08 Å². The summed E-state index contributed by atoms with van der Waals surface area (Å²) in [5.41, 5.74) is 3.37. The van der Waals surface area contributed by atoms with Crippen molar-refractivity contribution in [1.29, 1.82) is 0 Å². The lowest BCUT2D eigenvalue weighted by molar-refractivity contribution is -0.122. The van der Waals surface area contributed by atoms with Crippen molar-refractivity contribution < 1.29 is 4.79 Å². The second-order valence-electron chi connectivity index (χ2n) is 1.79. The van der Waals surface area contributed by atoms with Crippen LogP contribution in [0.4, 0.5) is 0 Å². The van der Waals surface area contributed by atoms with Gasteiger partial charge in [0.2, 0.25) is 0 Å². The number of likely N-dealkylation sites (N-methyl/N-ethyl adjacent to an activating group) is 1. The number of carbonyl (C=O) groups is 1. The van der Waals surface area contributed by atoms with Gasteiger partial charge >= 0.3 is 0 Å². The Morgan fingerprint density at radius 3 is 2.56 bits per heavy atom. The van der Waals surface area contributed by atoms with Crippen LogP contribution in [0.15, 0.2) is 30.2 Å². The number of hydrogen-bond acceptors (Lipinski definition) is 1. The van der Waals surface area contributed by atoms with E-state index in [0.29, 0.717) is 0 Å². The van der Waals surface area contributed by atoms with Crippen LogP contribution in [0.2, 0.25) is 0 Å². The first-order chi connectivity index (χ1) is 4.25. The molecule has 1 heterocycles. The van der Waals surface area contributed by atoms with E-state index in [1.807, 2.05) is 0 Å². The summed E-state index contributed by atoms with van der Waals surface area (Å²) in [6.07, 6.45) is 3.18. The van der Waals surface area contributed by atoms with E-state index in [0.717, 1.165) is 5.70 Å². The van der Waals surface area contributed by atoms with E-state index in [1.54, 1.807) is 13.1 Å². The summed E-state index contributed by atoms with van der Waals surface area (Å²) in [5.74, 6) is -0.0128. The topological polar surface area (TPSA) is 20.3 Å². The van der Waals surface area contributed by atoms with Crippen molar-refractivity contribution in [2.75, 3.05) is 7.05 Å². The molecule has 1 aliphatic rings. The fraction of sp³-hybridized carbons (Fsp3) is 0.143. The minimum atomic E-state index is -0.0128. The molecule has 0 radical (unpaired) electrons. The van der Waals surface area contributed by atoms with Gasteiger partial charge in [0.1, 0.15) is 0 Å². The van der Waals surface area contributed by atoms with Crippen molar-refractivity contribution in [2.24, 2.45) is 0 Å². The average Bonchev–Trinajstić information content (AvgIpc) is 2.15. The van der Waals surface area contributed by atoms with E-state index in [2.05, 4.69) is 12.3 Å². The van der Waals surface area contributed by atoms with Crippen LogP contribution in [0.5, 0.6) is 0 Å². The Balaban J connectivity index is 2.99. The minimum Gasteiger partial charge on any atom is -0.305 e. The molecule has 46 valence electrons. The van der Waals surface area contributed by atoms with Crippen molar-refractivity contribution in [3.05, 3.63) is 30.2 Å². The molecule has 0 aromatic heterocycles. The van der Waals surface area contributed by atoms with Crippen LogP contribution < -0.4 is 0 Å². The predicted octanol–water partition coefficient (Wildman–Crippen LogP) is 0.683. The fourth-order valence-electron chi connectivity index (χ4n) is 0.670. The highest BCUT2D eigenvalue weighted by Crippen LogP contribution is 2.09. The lowest BCUT2D eigenvalue weighted by Gasteiger charge is -2.06. The van der Waals surface area contributed by atoms with Crippen LogP contribution in [0.25, 0.3) is 0 Å². The molecule has 0 bridgehead atoms. The third-order valence-electron chi connectivity index (χ3n) is 1.26. The van der Waals surface area contributed by atoms with Crippen molar-refractivity contribution >= 4 is 5.91 Å². The highest BCUT2D eigenvalue weighted by molar-refractivity contribution is 5.92. The molecule has 0 aromatic rings. The van der Waals surface area contributed by atoms with Gasteiger partial charge in [-0.3, -0.25) is 4.79 Å². The van der Waals surface area contributed by atoms with Gasteiger partial charge in [0, 0.05) is 13.1 Å². The van der Waals surface area contributed by atoms with Crippen molar-refractivity contribution in [1.82, 2.24) is 4.90 Å². The smallest absolute Gasteiger partial charge is 0.251 e. The molecular weight excluding hydrogens is 114 g/mol. The van der Waals surface area contributed by atoms with E-state index in [9.17, 15) is 4.79 Å². The molecular formula is C7H7NO. The van der Waals surface area contributed by atoms with Crippen molar-refractivity contribution in [3.63, 3.8) is 0 Å². The van der Waals surface area contributed by atoms with E-state index in [1.165, 1.54) is 11.0 Å². The van der Waals surface area contributed by atoms with Crippen LogP contribution in [0.3, 0.4) is 0 Å². The summed E-state index contributed by atoms with van der Waals surface area (Å²) in [5, 5.41) is 0. The molecule has 9 heavy (non-hydrogen) atoms. The highest BCUT2D eigenvalue weighted by atomic mass is 16.2. The Morgan fingerprint density at radius 1 is 1.67 bits per heavy atom. The number of rotatable bonds is 0. The van der Waals surface area contributed by atoms with Gasteiger partial charge < -0.3 is 4.90 Å². The maximum atomic E-state index is 10.7. The standard InChI is InChI=1S/C7H7NO/c1-3-6-4-5-7(9)8(6)2/h4-5H,1H2,2H3. The SMILES string of the molecule is C=C=C1C=CC(=O)N1C. The van der Waals surface area contributed by atoms with Crippen molar-refractivity contribution in [3.8, 4) is 0 Å². The first kappa shape index (κ1) is 5.86. The molecule has 0 saturated heterocycles. The molecule has 1 rings (SSSR count). The van der Waals surface area contributed by atoms with E-state index < -0.39 is 0 Å². The molecule has 1 amide bonds.